The molecule has 1 heterocycles. The fraction of sp³-hybridized carbons (Fsp3) is 0.161. The van der Waals surface area contributed by atoms with Gasteiger partial charge in [-0.25, -0.2) is 0 Å². The molecular weight excluding hydrogens is 657 g/mol. The molecule has 222 valence electrons. The topological polar surface area (TPSA) is 53.9 Å². The van der Waals surface area contributed by atoms with E-state index in [0.717, 1.165) is 10.5 Å². The first kappa shape index (κ1) is 30.5. The van der Waals surface area contributed by atoms with Crippen LogP contribution in [0.4, 0.5) is 27.6 Å². The van der Waals surface area contributed by atoms with Crippen molar-refractivity contribution < 1.29 is 31.5 Å². The Balaban J connectivity index is 1.61. The van der Waals surface area contributed by atoms with Crippen molar-refractivity contribution in [2.75, 3.05) is 18.4 Å². The Bertz CT molecular complexity index is 1630. The van der Waals surface area contributed by atoms with Crippen molar-refractivity contribution in [3.05, 3.63) is 129 Å². The summed E-state index contributed by atoms with van der Waals surface area (Å²) in [5.41, 5.74) is 0.356. The summed E-state index contributed by atoms with van der Waals surface area (Å²) in [6, 6.07) is 25.4. The van der Waals surface area contributed by atoms with Crippen molar-refractivity contribution in [3.63, 3.8) is 0 Å². The molecule has 1 aliphatic heterocycles. The van der Waals surface area contributed by atoms with Gasteiger partial charge < -0.3 is 10.1 Å². The minimum absolute atomic E-state index is 0.0678. The van der Waals surface area contributed by atoms with Gasteiger partial charge in [0.25, 0.3) is 0 Å². The third-order valence-corrected chi connectivity index (χ3v) is 7.75. The molecule has 43 heavy (non-hydrogen) atoms. The molecule has 4 aromatic rings. The van der Waals surface area contributed by atoms with Crippen LogP contribution in [-0.2, 0) is 16.4 Å². The quantitative estimate of drug-likeness (QED) is 0.191. The number of hydrazone groups is 1. The molecule has 1 amide bonds. The summed E-state index contributed by atoms with van der Waals surface area (Å²) < 4.78 is 71.7. The molecular formula is C31H22BrClF5N3O2. The van der Waals surface area contributed by atoms with Gasteiger partial charge in [-0.2, -0.15) is 27.1 Å². The van der Waals surface area contributed by atoms with Crippen molar-refractivity contribution in [1.29, 1.82) is 0 Å². The van der Waals surface area contributed by atoms with Gasteiger partial charge in [0.05, 0.1) is 28.3 Å². The zero-order valence-corrected chi connectivity index (χ0v) is 24.4. The van der Waals surface area contributed by atoms with Crippen LogP contribution in [0.1, 0.15) is 22.3 Å². The van der Waals surface area contributed by atoms with Crippen molar-refractivity contribution in [1.82, 2.24) is 5.01 Å². The van der Waals surface area contributed by atoms with Crippen LogP contribution in [0.2, 0.25) is 5.02 Å². The van der Waals surface area contributed by atoms with E-state index < -0.39 is 28.8 Å². The lowest BCUT2D eigenvalue weighted by atomic mass is 9.69. The number of alkyl halides is 5. The SMILES string of the molecule is O=C(CN1CC(c2ccccc2)(c2ccc(OC(F)F)cc2)C(c2ccc(C(F)(F)F)c(Cl)c2)=N1)Nc1ccc(Br)cc1. The fourth-order valence-corrected chi connectivity index (χ4v) is 5.62. The molecule has 0 spiro atoms. The van der Waals surface area contributed by atoms with Gasteiger partial charge in [0.2, 0.25) is 5.91 Å². The summed E-state index contributed by atoms with van der Waals surface area (Å²) in [7, 11) is 0. The lowest BCUT2D eigenvalue weighted by Crippen LogP contribution is -2.41. The van der Waals surface area contributed by atoms with Gasteiger partial charge in [-0.3, -0.25) is 9.80 Å². The zero-order chi connectivity index (χ0) is 30.8. The number of nitrogens with one attached hydrogen (secondary N) is 1. The molecule has 0 saturated carbocycles. The molecule has 0 saturated heterocycles. The number of halogens is 7. The predicted molar refractivity (Wildman–Crippen MR) is 158 cm³/mol. The number of ether oxygens (including phenoxy) is 1. The number of carbonyl (C=O) groups is 1. The van der Waals surface area contributed by atoms with Gasteiger partial charge in [0, 0.05) is 15.7 Å². The van der Waals surface area contributed by atoms with E-state index >= 15 is 0 Å². The van der Waals surface area contributed by atoms with E-state index in [0.29, 0.717) is 28.1 Å². The molecule has 1 atom stereocenters. The largest absolute Gasteiger partial charge is 0.435 e. The van der Waals surface area contributed by atoms with Crippen LogP contribution in [0.15, 0.2) is 107 Å². The second kappa shape index (κ2) is 12.3. The first-order chi connectivity index (χ1) is 20.5. The van der Waals surface area contributed by atoms with Crippen molar-refractivity contribution in [2.24, 2.45) is 5.10 Å². The molecule has 0 aromatic heterocycles. The Kier molecular flexibility index (Phi) is 8.75. The third kappa shape index (κ3) is 6.67. The van der Waals surface area contributed by atoms with Crippen LogP contribution in [-0.4, -0.2) is 36.3 Å². The molecule has 0 radical (unpaired) electrons. The van der Waals surface area contributed by atoms with E-state index in [-0.39, 0.29) is 24.7 Å². The fourth-order valence-electron chi connectivity index (χ4n) is 5.06. The first-order valence-corrected chi connectivity index (χ1v) is 14.0. The highest BCUT2D eigenvalue weighted by molar-refractivity contribution is 9.10. The lowest BCUT2D eigenvalue weighted by molar-refractivity contribution is -0.137. The Morgan fingerprint density at radius 3 is 2.23 bits per heavy atom. The van der Waals surface area contributed by atoms with E-state index in [1.54, 1.807) is 54.6 Å². The third-order valence-electron chi connectivity index (χ3n) is 6.91. The number of anilines is 1. The molecule has 1 aliphatic rings. The highest BCUT2D eigenvalue weighted by Crippen LogP contribution is 2.43. The molecule has 1 unspecified atom stereocenters. The molecule has 4 aromatic carbocycles. The minimum Gasteiger partial charge on any atom is -0.435 e. The van der Waals surface area contributed by atoms with Gasteiger partial charge in [-0.15, -0.1) is 0 Å². The van der Waals surface area contributed by atoms with E-state index in [4.69, 9.17) is 16.7 Å². The molecule has 0 fully saturated rings. The van der Waals surface area contributed by atoms with E-state index in [1.807, 2.05) is 12.1 Å². The Morgan fingerprint density at radius 1 is 0.977 bits per heavy atom. The average molecular weight is 679 g/mol. The normalized spacial score (nSPS) is 16.7. The van der Waals surface area contributed by atoms with Crippen LogP contribution in [0, 0.1) is 0 Å². The Hall–Kier alpha value is -3.96. The molecule has 5 rings (SSSR count). The van der Waals surface area contributed by atoms with Gasteiger partial charge in [0.1, 0.15) is 12.3 Å². The smallest absolute Gasteiger partial charge is 0.417 e. The Morgan fingerprint density at radius 2 is 1.63 bits per heavy atom. The van der Waals surface area contributed by atoms with E-state index in [2.05, 4.69) is 26.0 Å². The zero-order valence-electron chi connectivity index (χ0n) is 22.1. The van der Waals surface area contributed by atoms with Gasteiger partial charge in [-0.1, -0.05) is 76.1 Å². The maximum atomic E-state index is 13.5. The number of amides is 1. The maximum Gasteiger partial charge on any atom is 0.417 e. The average Bonchev–Trinajstić information content (AvgIpc) is 3.34. The van der Waals surface area contributed by atoms with Gasteiger partial charge >= 0.3 is 12.8 Å². The summed E-state index contributed by atoms with van der Waals surface area (Å²) in [5, 5.41) is 8.57. The number of hydrogen-bond donors (Lipinski definition) is 1. The highest BCUT2D eigenvalue weighted by Gasteiger charge is 2.47. The first-order valence-electron chi connectivity index (χ1n) is 12.8. The van der Waals surface area contributed by atoms with Gasteiger partial charge in [0.15, 0.2) is 0 Å². The second-order valence-corrected chi connectivity index (χ2v) is 11.0. The van der Waals surface area contributed by atoms with E-state index in [9.17, 15) is 26.7 Å². The lowest BCUT2D eigenvalue weighted by Gasteiger charge is -2.33. The summed E-state index contributed by atoms with van der Waals surface area (Å²) in [6.45, 7) is -3.10. The van der Waals surface area contributed by atoms with Crippen LogP contribution < -0.4 is 10.1 Å². The van der Waals surface area contributed by atoms with Crippen LogP contribution >= 0.6 is 27.5 Å². The van der Waals surface area contributed by atoms with Crippen molar-refractivity contribution in [2.45, 2.75) is 18.2 Å². The standard InChI is InChI=1S/C31H22BrClF5N3O2/c32-22-9-11-23(12-10-22)39-27(42)17-41-18-30(20-4-2-1-3-5-20,21-7-13-24(14-8-21)43-29(34)35)28(40-41)19-6-15-25(26(33)16-19)31(36,37)38/h1-16,29H,17-18H2,(H,39,42). The summed E-state index contributed by atoms with van der Waals surface area (Å²) in [4.78, 5) is 13.1. The highest BCUT2D eigenvalue weighted by atomic mass is 79.9. The van der Waals surface area contributed by atoms with Crippen LogP contribution in [0.3, 0.4) is 0 Å². The summed E-state index contributed by atoms with van der Waals surface area (Å²) in [5.74, 6) is -0.442. The number of nitrogens with zero attached hydrogens (tertiary/aromatic N) is 2. The predicted octanol–water partition coefficient (Wildman–Crippen LogP) is 8.37. The molecule has 0 aliphatic carbocycles. The minimum atomic E-state index is -4.67. The summed E-state index contributed by atoms with van der Waals surface area (Å²) >= 11 is 9.47. The molecule has 12 heteroatoms. The Labute approximate surface area is 257 Å². The van der Waals surface area contributed by atoms with Crippen molar-refractivity contribution in [3.8, 4) is 5.75 Å². The van der Waals surface area contributed by atoms with Crippen molar-refractivity contribution >= 4 is 44.8 Å². The number of hydrogen-bond acceptors (Lipinski definition) is 4. The van der Waals surface area contributed by atoms with E-state index in [1.165, 1.54) is 29.3 Å². The van der Waals surface area contributed by atoms with Crippen LogP contribution in [0.25, 0.3) is 0 Å². The molecule has 1 N–H and O–H groups in total. The second-order valence-electron chi connectivity index (χ2n) is 9.69. The molecule has 5 nitrogen and oxygen atoms in total. The van der Waals surface area contributed by atoms with Gasteiger partial charge in [-0.05, 0) is 59.7 Å². The molecule has 0 bridgehead atoms. The number of benzene rings is 4. The van der Waals surface area contributed by atoms with Crippen LogP contribution in [0.5, 0.6) is 5.75 Å². The maximum absolute atomic E-state index is 13.5. The number of carbonyl (C=O) groups excluding carboxylic acids is 1. The number of rotatable bonds is 8. The summed E-state index contributed by atoms with van der Waals surface area (Å²) in [6.07, 6.45) is -4.67. The monoisotopic (exact) mass is 677 g/mol.